The fourth-order valence-corrected chi connectivity index (χ4v) is 4.06. The minimum atomic E-state index is 0.461. The third kappa shape index (κ3) is 5.79. The summed E-state index contributed by atoms with van der Waals surface area (Å²) in [7, 11) is 0. The Hall–Kier alpha value is -1.39. The molecule has 0 radical (unpaired) electrons. The molecule has 1 saturated heterocycles. The van der Waals surface area contributed by atoms with Crippen LogP contribution in [0.25, 0.3) is 0 Å². The molecule has 0 N–H and O–H groups in total. The Morgan fingerprint density at radius 3 is 2.33 bits per heavy atom. The standard InChI is InChI=1S/C23H32ClN3/c1-3-25(4-2)14-16-27-17-15-26(18-20-10-12-22(24)13-11-20)19-23(27)21-8-6-5-7-9-21/h5-13,23H,3-4,14-19H2,1-2H3. The summed E-state index contributed by atoms with van der Waals surface area (Å²) in [6, 6.07) is 19.7. The molecule has 146 valence electrons. The van der Waals surface area contributed by atoms with Crippen LogP contribution in [0.4, 0.5) is 0 Å². The van der Waals surface area contributed by atoms with Crippen molar-refractivity contribution < 1.29 is 0 Å². The normalized spacial score (nSPS) is 18.9. The highest BCUT2D eigenvalue weighted by Crippen LogP contribution is 2.26. The molecule has 0 spiro atoms. The van der Waals surface area contributed by atoms with Crippen LogP contribution in [0.1, 0.15) is 31.0 Å². The highest BCUT2D eigenvalue weighted by Gasteiger charge is 2.28. The van der Waals surface area contributed by atoms with Crippen LogP contribution in [-0.4, -0.2) is 60.5 Å². The highest BCUT2D eigenvalue weighted by molar-refractivity contribution is 6.30. The van der Waals surface area contributed by atoms with Crippen molar-refractivity contribution in [2.75, 3.05) is 45.8 Å². The lowest BCUT2D eigenvalue weighted by Gasteiger charge is -2.42. The van der Waals surface area contributed by atoms with E-state index in [4.69, 9.17) is 11.6 Å². The Morgan fingerprint density at radius 2 is 1.67 bits per heavy atom. The average Bonchev–Trinajstić information content (AvgIpc) is 2.72. The first kappa shape index (κ1) is 20.3. The average molecular weight is 386 g/mol. The number of hydrogen-bond donors (Lipinski definition) is 0. The van der Waals surface area contributed by atoms with Crippen LogP contribution in [0, 0.1) is 0 Å². The van der Waals surface area contributed by atoms with E-state index in [1.807, 2.05) is 12.1 Å². The first-order valence-electron chi connectivity index (χ1n) is 10.2. The molecule has 27 heavy (non-hydrogen) atoms. The topological polar surface area (TPSA) is 9.72 Å². The summed E-state index contributed by atoms with van der Waals surface area (Å²) < 4.78 is 0. The fraction of sp³-hybridized carbons (Fsp3) is 0.478. The van der Waals surface area contributed by atoms with Crippen LogP contribution in [-0.2, 0) is 6.54 Å². The van der Waals surface area contributed by atoms with Crippen molar-refractivity contribution in [1.82, 2.24) is 14.7 Å². The SMILES string of the molecule is CCN(CC)CCN1CCN(Cc2ccc(Cl)cc2)CC1c1ccccc1. The predicted octanol–water partition coefficient (Wildman–Crippen LogP) is 4.54. The number of rotatable bonds is 8. The van der Waals surface area contributed by atoms with Crippen molar-refractivity contribution in [3.05, 3.63) is 70.7 Å². The van der Waals surface area contributed by atoms with Gasteiger partial charge in [0.2, 0.25) is 0 Å². The Bertz CT molecular complexity index is 670. The summed E-state index contributed by atoms with van der Waals surface area (Å²) in [5, 5.41) is 0.808. The van der Waals surface area contributed by atoms with E-state index in [-0.39, 0.29) is 0 Å². The maximum absolute atomic E-state index is 6.04. The summed E-state index contributed by atoms with van der Waals surface area (Å²) in [6.07, 6.45) is 0. The van der Waals surface area contributed by atoms with Gasteiger partial charge >= 0.3 is 0 Å². The summed E-state index contributed by atoms with van der Waals surface area (Å²) in [4.78, 5) is 7.77. The Morgan fingerprint density at radius 1 is 0.963 bits per heavy atom. The first-order valence-corrected chi connectivity index (χ1v) is 10.6. The summed E-state index contributed by atoms with van der Waals surface area (Å²) in [5.41, 5.74) is 2.76. The van der Waals surface area contributed by atoms with Gasteiger partial charge in [0.15, 0.2) is 0 Å². The lowest BCUT2D eigenvalue weighted by Crippen LogP contribution is -2.49. The predicted molar refractivity (Wildman–Crippen MR) is 115 cm³/mol. The van der Waals surface area contributed by atoms with Gasteiger partial charge in [-0.15, -0.1) is 0 Å². The molecule has 0 amide bonds. The largest absolute Gasteiger partial charge is 0.303 e. The van der Waals surface area contributed by atoms with E-state index in [2.05, 4.69) is 71.0 Å². The van der Waals surface area contributed by atoms with Crippen molar-refractivity contribution in [1.29, 1.82) is 0 Å². The number of hydrogen-bond acceptors (Lipinski definition) is 3. The number of piperazine rings is 1. The van der Waals surface area contributed by atoms with Crippen LogP contribution in [0.3, 0.4) is 0 Å². The van der Waals surface area contributed by atoms with Crippen LogP contribution in [0.2, 0.25) is 5.02 Å². The Labute approximate surface area is 169 Å². The Balaban J connectivity index is 1.68. The zero-order chi connectivity index (χ0) is 19.1. The number of halogens is 1. The van der Waals surface area contributed by atoms with Gasteiger partial charge in [0.05, 0.1) is 0 Å². The maximum atomic E-state index is 6.04. The first-order chi connectivity index (χ1) is 13.2. The molecule has 1 heterocycles. The molecule has 0 aromatic heterocycles. The van der Waals surface area contributed by atoms with Crippen LogP contribution < -0.4 is 0 Å². The molecule has 4 heteroatoms. The third-order valence-electron chi connectivity index (χ3n) is 5.68. The van der Waals surface area contributed by atoms with E-state index >= 15 is 0 Å². The van der Waals surface area contributed by atoms with Crippen LogP contribution in [0.15, 0.2) is 54.6 Å². The van der Waals surface area contributed by atoms with Gasteiger partial charge in [0, 0.05) is 50.3 Å². The summed E-state index contributed by atoms with van der Waals surface area (Å²) in [6.45, 7) is 13.3. The lowest BCUT2D eigenvalue weighted by molar-refractivity contribution is 0.0615. The second-order valence-electron chi connectivity index (χ2n) is 7.35. The molecule has 2 aromatic rings. The molecule has 1 aliphatic heterocycles. The molecular formula is C23H32ClN3. The molecule has 3 rings (SSSR count). The zero-order valence-corrected chi connectivity index (χ0v) is 17.4. The number of benzene rings is 2. The molecule has 1 aliphatic rings. The quantitative estimate of drug-likeness (QED) is 0.660. The van der Waals surface area contributed by atoms with Gasteiger partial charge in [-0.3, -0.25) is 9.80 Å². The second kappa shape index (κ2) is 10.2. The van der Waals surface area contributed by atoms with Gasteiger partial charge in [-0.05, 0) is 36.3 Å². The van der Waals surface area contributed by atoms with Gasteiger partial charge in [-0.1, -0.05) is 67.9 Å². The van der Waals surface area contributed by atoms with Gasteiger partial charge in [0.25, 0.3) is 0 Å². The molecule has 0 saturated carbocycles. The van der Waals surface area contributed by atoms with E-state index in [0.29, 0.717) is 6.04 Å². The monoisotopic (exact) mass is 385 g/mol. The van der Waals surface area contributed by atoms with Crippen LogP contribution in [0.5, 0.6) is 0 Å². The third-order valence-corrected chi connectivity index (χ3v) is 5.93. The maximum Gasteiger partial charge on any atom is 0.0476 e. The molecule has 2 aromatic carbocycles. The number of likely N-dealkylation sites (N-methyl/N-ethyl adjacent to an activating group) is 1. The van der Waals surface area contributed by atoms with E-state index in [9.17, 15) is 0 Å². The fourth-order valence-electron chi connectivity index (χ4n) is 3.94. The second-order valence-corrected chi connectivity index (χ2v) is 7.79. The van der Waals surface area contributed by atoms with Gasteiger partial charge in [-0.25, -0.2) is 0 Å². The molecule has 0 aliphatic carbocycles. The van der Waals surface area contributed by atoms with E-state index in [1.165, 1.54) is 11.1 Å². The minimum Gasteiger partial charge on any atom is -0.303 e. The van der Waals surface area contributed by atoms with Gasteiger partial charge in [-0.2, -0.15) is 0 Å². The summed E-state index contributed by atoms with van der Waals surface area (Å²) >= 11 is 6.04. The van der Waals surface area contributed by atoms with Crippen molar-refractivity contribution in [2.24, 2.45) is 0 Å². The Kier molecular flexibility index (Phi) is 7.71. The van der Waals surface area contributed by atoms with E-state index in [0.717, 1.165) is 57.4 Å². The van der Waals surface area contributed by atoms with Crippen molar-refractivity contribution >= 4 is 11.6 Å². The zero-order valence-electron chi connectivity index (χ0n) is 16.6. The van der Waals surface area contributed by atoms with Crippen molar-refractivity contribution in [3.8, 4) is 0 Å². The smallest absolute Gasteiger partial charge is 0.0476 e. The summed E-state index contributed by atoms with van der Waals surface area (Å²) in [5.74, 6) is 0. The molecular weight excluding hydrogens is 354 g/mol. The van der Waals surface area contributed by atoms with Crippen molar-refractivity contribution in [3.63, 3.8) is 0 Å². The van der Waals surface area contributed by atoms with Crippen molar-refractivity contribution in [2.45, 2.75) is 26.4 Å². The molecule has 1 unspecified atom stereocenters. The van der Waals surface area contributed by atoms with E-state index in [1.54, 1.807) is 0 Å². The van der Waals surface area contributed by atoms with Gasteiger partial charge in [0.1, 0.15) is 0 Å². The molecule has 1 fully saturated rings. The minimum absolute atomic E-state index is 0.461. The highest BCUT2D eigenvalue weighted by atomic mass is 35.5. The van der Waals surface area contributed by atoms with E-state index < -0.39 is 0 Å². The van der Waals surface area contributed by atoms with Crippen LogP contribution >= 0.6 is 11.6 Å². The number of nitrogens with zero attached hydrogens (tertiary/aromatic N) is 3. The molecule has 0 bridgehead atoms. The van der Waals surface area contributed by atoms with Gasteiger partial charge < -0.3 is 4.90 Å². The lowest BCUT2D eigenvalue weighted by atomic mass is 10.0. The molecule has 1 atom stereocenters. The molecule has 3 nitrogen and oxygen atoms in total.